The van der Waals surface area contributed by atoms with Crippen LogP contribution in [0.25, 0.3) is 0 Å². The van der Waals surface area contributed by atoms with E-state index in [0.29, 0.717) is 11.6 Å². The van der Waals surface area contributed by atoms with Gasteiger partial charge in [-0.25, -0.2) is 0 Å². The van der Waals surface area contributed by atoms with E-state index in [0.717, 1.165) is 5.56 Å². The molecule has 1 atom stereocenters. The highest BCUT2D eigenvalue weighted by atomic mass is 35.5. The second kappa shape index (κ2) is 6.94. The van der Waals surface area contributed by atoms with Crippen LogP contribution >= 0.6 is 11.6 Å². The van der Waals surface area contributed by atoms with Crippen molar-refractivity contribution in [1.29, 1.82) is 0 Å². The number of aryl methyl sites for hydroxylation is 2. The number of nitrogens with zero attached hydrogens (tertiary/aromatic N) is 3. The standard InChI is InChI=1S/C16H21ClN4O/c1-11-5-7-12(8-6-11)14(20(2)3)9-18-16(22)15-13(17)10-21(4)19-15/h5-8,10,14H,9H2,1-4H3,(H,18,22)/t14-/m0/s1. The summed E-state index contributed by atoms with van der Waals surface area (Å²) in [6, 6.07) is 8.40. The molecule has 1 N–H and O–H groups in total. The van der Waals surface area contributed by atoms with Crippen molar-refractivity contribution in [2.75, 3.05) is 20.6 Å². The van der Waals surface area contributed by atoms with Gasteiger partial charge < -0.3 is 10.2 Å². The summed E-state index contributed by atoms with van der Waals surface area (Å²) in [5.74, 6) is -0.260. The minimum absolute atomic E-state index is 0.0898. The van der Waals surface area contributed by atoms with Crippen molar-refractivity contribution >= 4 is 17.5 Å². The molecule has 1 heterocycles. The fourth-order valence-electron chi connectivity index (χ4n) is 2.27. The second-order valence-corrected chi connectivity index (χ2v) is 6.01. The summed E-state index contributed by atoms with van der Waals surface area (Å²) in [5.41, 5.74) is 2.62. The normalized spacial score (nSPS) is 12.5. The van der Waals surface area contributed by atoms with Crippen molar-refractivity contribution < 1.29 is 4.79 Å². The third-order valence-corrected chi connectivity index (χ3v) is 3.82. The lowest BCUT2D eigenvalue weighted by Crippen LogP contribution is -2.34. The molecule has 0 bridgehead atoms. The van der Waals surface area contributed by atoms with Gasteiger partial charge in [-0.3, -0.25) is 9.48 Å². The van der Waals surface area contributed by atoms with Crippen LogP contribution in [0.4, 0.5) is 0 Å². The average Bonchev–Trinajstić information content (AvgIpc) is 2.79. The van der Waals surface area contributed by atoms with Crippen LogP contribution in [0.1, 0.15) is 27.7 Å². The number of nitrogens with one attached hydrogen (secondary N) is 1. The third kappa shape index (κ3) is 3.87. The maximum absolute atomic E-state index is 12.2. The lowest BCUT2D eigenvalue weighted by Gasteiger charge is -2.25. The molecule has 0 aliphatic carbocycles. The maximum atomic E-state index is 12.2. The second-order valence-electron chi connectivity index (χ2n) is 5.60. The van der Waals surface area contributed by atoms with Gasteiger partial charge in [0.15, 0.2) is 5.69 Å². The molecule has 0 saturated heterocycles. The van der Waals surface area contributed by atoms with Crippen LogP contribution in [0, 0.1) is 6.92 Å². The Morgan fingerprint density at radius 3 is 2.50 bits per heavy atom. The Morgan fingerprint density at radius 2 is 2.00 bits per heavy atom. The van der Waals surface area contributed by atoms with E-state index in [4.69, 9.17) is 11.6 Å². The maximum Gasteiger partial charge on any atom is 0.273 e. The van der Waals surface area contributed by atoms with E-state index in [2.05, 4.69) is 46.5 Å². The molecule has 2 rings (SSSR count). The van der Waals surface area contributed by atoms with Gasteiger partial charge in [-0.05, 0) is 26.6 Å². The Kier molecular flexibility index (Phi) is 5.21. The molecule has 0 aliphatic rings. The van der Waals surface area contributed by atoms with E-state index < -0.39 is 0 Å². The van der Waals surface area contributed by atoms with Crippen LogP contribution in [-0.2, 0) is 7.05 Å². The number of carbonyl (C=O) groups is 1. The molecule has 1 aromatic carbocycles. The monoisotopic (exact) mass is 320 g/mol. The van der Waals surface area contributed by atoms with Crippen LogP contribution in [0.3, 0.4) is 0 Å². The van der Waals surface area contributed by atoms with Crippen LogP contribution < -0.4 is 5.32 Å². The van der Waals surface area contributed by atoms with Crippen LogP contribution in [0.15, 0.2) is 30.5 Å². The van der Waals surface area contributed by atoms with Gasteiger partial charge in [0.1, 0.15) is 0 Å². The highest BCUT2D eigenvalue weighted by Crippen LogP contribution is 2.19. The first-order valence-corrected chi connectivity index (χ1v) is 7.46. The van der Waals surface area contributed by atoms with Crippen molar-refractivity contribution in [3.8, 4) is 0 Å². The molecule has 5 nitrogen and oxygen atoms in total. The lowest BCUT2D eigenvalue weighted by molar-refractivity contribution is 0.0936. The van der Waals surface area contributed by atoms with Crippen LogP contribution in [-0.4, -0.2) is 41.2 Å². The molecule has 2 aromatic rings. The SMILES string of the molecule is Cc1ccc([C@H](CNC(=O)c2nn(C)cc2Cl)N(C)C)cc1. The number of likely N-dealkylation sites (N-methyl/N-ethyl adjacent to an activating group) is 1. The highest BCUT2D eigenvalue weighted by molar-refractivity contribution is 6.33. The topological polar surface area (TPSA) is 50.2 Å². The fraction of sp³-hybridized carbons (Fsp3) is 0.375. The van der Waals surface area contributed by atoms with E-state index in [1.165, 1.54) is 10.2 Å². The van der Waals surface area contributed by atoms with Gasteiger partial charge in [0.05, 0.1) is 11.1 Å². The molecule has 1 aromatic heterocycles. The molecule has 0 saturated carbocycles. The Bertz CT molecular complexity index is 649. The molecule has 0 aliphatic heterocycles. The average molecular weight is 321 g/mol. The molecular formula is C16H21ClN4O. The van der Waals surface area contributed by atoms with Crippen molar-refractivity contribution in [2.45, 2.75) is 13.0 Å². The molecule has 1 amide bonds. The first kappa shape index (κ1) is 16.5. The van der Waals surface area contributed by atoms with E-state index in [1.807, 2.05) is 14.1 Å². The zero-order valence-corrected chi connectivity index (χ0v) is 14.1. The molecule has 0 spiro atoms. The van der Waals surface area contributed by atoms with E-state index in [1.54, 1.807) is 13.2 Å². The number of halogens is 1. The fourth-order valence-corrected chi connectivity index (χ4v) is 2.54. The largest absolute Gasteiger partial charge is 0.349 e. The highest BCUT2D eigenvalue weighted by Gasteiger charge is 2.18. The number of rotatable bonds is 5. The molecule has 22 heavy (non-hydrogen) atoms. The number of hydrogen-bond donors (Lipinski definition) is 1. The number of aromatic nitrogens is 2. The Balaban J connectivity index is 2.07. The minimum Gasteiger partial charge on any atom is -0.349 e. The third-order valence-electron chi connectivity index (χ3n) is 3.54. The predicted octanol–water partition coefficient (Wildman–Crippen LogP) is 2.41. The Morgan fingerprint density at radius 1 is 1.36 bits per heavy atom. The number of hydrogen-bond acceptors (Lipinski definition) is 3. The summed E-state index contributed by atoms with van der Waals surface area (Å²) in [5, 5.41) is 7.34. The quantitative estimate of drug-likeness (QED) is 0.920. The van der Waals surface area contributed by atoms with Crippen molar-refractivity contribution in [1.82, 2.24) is 20.0 Å². The first-order chi connectivity index (χ1) is 10.4. The minimum atomic E-state index is -0.260. The summed E-state index contributed by atoms with van der Waals surface area (Å²) in [7, 11) is 5.71. The summed E-state index contributed by atoms with van der Waals surface area (Å²) in [6.07, 6.45) is 1.61. The molecule has 0 unspecified atom stereocenters. The molecule has 118 valence electrons. The number of carbonyl (C=O) groups excluding carboxylic acids is 1. The molecule has 6 heteroatoms. The zero-order chi connectivity index (χ0) is 16.3. The number of amides is 1. The van der Waals surface area contributed by atoms with E-state index >= 15 is 0 Å². The van der Waals surface area contributed by atoms with Gasteiger partial charge in [0.2, 0.25) is 0 Å². The first-order valence-electron chi connectivity index (χ1n) is 7.09. The summed E-state index contributed by atoms with van der Waals surface area (Å²) in [4.78, 5) is 14.3. The van der Waals surface area contributed by atoms with E-state index in [-0.39, 0.29) is 17.6 Å². The predicted molar refractivity (Wildman–Crippen MR) is 88.2 cm³/mol. The number of benzene rings is 1. The summed E-state index contributed by atoms with van der Waals surface area (Å²) >= 11 is 6.00. The Labute approximate surface area is 135 Å². The van der Waals surface area contributed by atoms with Gasteiger partial charge in [-0.15, -0.1) is 0 Å². The van der Waals surface area contributed by atoms with Crippen molar-refractivity contribution in [3.05, 3.63) is 52.3 Å². The van der Waals surface area contributed by atoms with Gasteiger partial charge in [-0.2, -0.15) is 5.10 Å². The Hall–Kier alpha value is -1.85. The van der Waals surface area contributed by atoms with Crippen molar-refractivity contribution in [3.63, 3.8) is 0 Å². The molecule has 0 radical (unpaired) electrons. The molecular weight excluding hydrogens is 300 g/mol. The van der Waals surface area contributed by atoms with Gasteiger partial charge >= 0.3 is 0 Å². The lowest BCUT2D eigenvalue weighted by atomic mass is 10.0. The van der Waals surface area contributed by atoms with Gasteiger partial charge in [0.25, 0.3) is 5.91 Å². The summed E-state index contributed by atoms with van der Waals surface area (Å²) in [6.45, 7) is 2.54. The van der Waals surface area contributed by atoms with Gasteiger partial charge in [-0.1, -0.05) is 41.4 Å². The van der Waals surface area contributed by atoms with Crippen LogP contribution in [0.2, 0.25) is 5.02 Å². The van der Waals surface area contributed by atoms with Gasteiger partial charge in [0, 0.05) is 19.8 Å². The zero-order valence-electron chi connectivity index (χ0n) is 13.3. The van der Waals surface area contributed by atoms with E-state index in [9.17, 15) is 4.79 Å². The summed E-state index contributed by atoms with van der Waals surface area (Å²) < 4.78 is 1.53. The smallest absolute Gasteiger partial charge is 0.273 e. The van der Waals surface area contributed by atoms with Crippen LogP contribution in [0.5, 0.6) is 0 Å². The molecule has 0 fully saturated rings. The van der Waals surface area contributed by atoms with Crippen molar-refractivity contribution in [2.24, 2.45) is 7.05 Å².